The van der Waals surface area contributed by atoms with Gasteiger partial charge in [0.25, 0.3) is 0 Å². The van der Waals surface area contributed by atoms with Crippen LogP contribution in [0.15, 0.2) is 30.3 Å². The SMILES string of the molecule is O=C(NC1CC1)OCCc1ccccc1. The molecule has 0 saturated heterocycles. The van der Waals surface area contributed by atoms with Crippen LogP contribution in [0.2, 0.25) is 0 Å². The van der Waals surface area contributed by atoms with Gasteiger partial charge in [-0.15, -0.1) is 0 Å². The molecule has 0 bridgehead atoms. The summed E-state index contributed by atoms with van der Waals surface area (Å²) >= 11 is 0. The van der Waals surface area contributed by atoms with E-state index >= 15 is 0 Å². The number of nitrogens with one attached hydrogen (secondary N) is 1. The third-order valence-corrected chi connectivity index (χ3v) is 2.37. The van der Waals surface area contributed by atoms with Gasteiger partial charge in [0, 0.05) is 12.5 Å². The maximum atomic E-state index is 11.2. The zero-order valence-corrected chi connectivity index (χ0v) is 8.61. The van der Waals surface area contributed by atoms with Gasteiger partial charge in [0.2, 0.25) is 0 Å². The first-order valence-electron chi connectivity index (χ1n) is 5.32. The number of hydrogen-bond donors (Lipinski definition) is 1. The van der Waals surface area contributed by atoms with Gasteiger partial charge in [-0.25, -0.2) is 4.79 Å². The van der Waals surface area contributed by atoms with Crippen molar-refractivity contribution in [1.82, 2.24) is 5.32 Å². The molecule has 0 heterocycles. The molecule has 2 rings (SSSR count). The fourth-order valence-corrected chi connectivity index (χ4v) is 1.34. The molecule has 15 heavy (non-hydrogen) atoms. The van der Waals surface area contributed by atoms with Crippen molar-refractivity contribution in [3.8, 4) is 0 Å². The maximum absolute atomic E-state index is 11.2. The summed E-state index contributed by atoms with van der Waals surface area (Å²) in [5.74, 6) is 0. The van der Waals surface area contributed by atoms with Crippen LogP contribution in [0, 0.1) is 0 Å². The van der Waals surface area contributed by atoms with Crippen LogP contribution < -0.4 is 5.32 Å². The number of carbonyl (C=O) groups is 1. The molecule has 1 N–H and O–H groups in total. The molecule has 0 aromatic heterocycles. The minimum Gasteiger partial charge on any atom is -0.449 e. The normalized spacial score (nSPS) is 14.7. The Balaban J connectivity index is 1.63. The molecular weight excluding hydrogens is 190 g/mol. The molecule has 1 aromatic carbocycles. The van der Waals surface area contributed by atoms with E-state index in [1.165, 1.54) is 5.56 Å². The Hall–Kier alpha value is -1.51. The summed E-state index contributed by atoms with van der Waals surface area (Å²) in [6.07, 6.45) is 2.67. The Bertz CT molecular complexity index is 320. The first kappa shape index (κ1) is 10.0. The second-order valence-corrected chi connectivity index (χ2v) is 3.79. The van der Waals surface area contributed by atoms with E-state index in [9.17, 15) is 4.79 Å². The van der Waals surface area contributed by atoms with Gasteiger partial charge in [-0.3, -0.25) is 0 Å². The smallest absolute Gasteiger partial charge is 0.407 e. The molecule has 1 aliphatic rings. The van der Waals surface area contributed by atoms with Gasteiger partial charge in [-0.2, -0.15) is 0 Å². The molecule has 0 unspecified atom stereocenters. The highest BCUT2D eigenvalue weighted by molar-refractivity contribution is 5.67. The first-order chi connectivity index (χ1) is 7.34. The van der Waals surface area contributed by atoms with Gasteiger partial charge < -0.3 is 10.1 Å². The molecule has 80 valence electrons. The lowest BCUT2D eigenvalue weighted by Crippen LogP contribution is -2.26. The summed E-state index contributed by atoms with van der Waals surface area (Å²) in [6, 6.07) is 10.4. The van der Waals surface area contributed by atoms with Crippen molar-refractivity contribution in [3.63, 3.8) is 0 Å². The molecule has 1 aromatic rings. The highest BCUT2D eigenvalue weighted by Gasteiger charge is 2.23. The average Bonchev–Trinajstić information content (AvgIpc) is 3.03. The molecule has 0 aliphatic heterocycles. The molecular formula is C12H15NO2. The Morgan fingerprint density at radius 2 is 2.07 bits per heavy atom. The van der Waals surface area contributed by atoms with E-state index in [4.69, 9.17) is 4.74 Å². The molecule has 1 fully saturated rings. The molecule has 3 heteroatoms. The van der Waals surface area contributed by atoms with Crippen molar-refractivity contribution in [1.29, 1.82) is 0 Å². The Kier molecular flexibility index (Phi) is 3.22. The summed E-state index contributed by atoms with van der Waals surface area (Å²) in [6.45, 7) is 0.447. The largest absolute Gasteiger partial charge is 0.449 e. The van der Waals surface area contributed by atoms with E-state index in [0.29, 0.717) is 12.6 Å². The first-order valence-corrected chi connectivity index (χ1v) is 5.32. The second kappa shape index (κ2) is 4.82. The van der Waals surface area contributed by atoms with E-state index < -0.39 is 0 Å². The van der Waals surface area contributed by atoms with Crippen LogP contribution in [-0.4, -0.2) is 18.7 Å². The second-order valence-electron chi connectivity index (χ2n) is 3.79. The van der Waals surface area contributed by atoms with E-state index in [2.05, 4.69) is 5.32 Å². The highest BCUT2D eigenvalue weighted by atomic mass is 16.5. The van der Waals surface area contributed by atoms with Crippen LogP contribution >= 0.6 is 0 Å². The van der Waals surface area contributed by atoms with Crippen molar-refractivity contribution in [2.45, 2.75) is 25.3 Å². The van der Waals surface area contributed by atoms with Crippen molar-refractivity contribution in [2.75, 3.05) is 6.61 Å². The van der Waals surface area contributed by atoms with Crippen LogP contribution in [0.4, 0.5) is 4.79 Å². The fraction of sp³-hybridized carbons (Fsp3) is 0.417. The number of ether oxygens (including phenoxy) is 1. The predicted octanol–water partition coefficient (Wildman–Crippen LogP) is 2.12. The van der Waals surface area contributed by atoms with Crippen molar-refractivity contribution < 1.29 is 9.53 Å². The summed E-state index contributed by atoms with van der Waals surface area (Å²) < 4.78 is 5.05. The number of hydrogen-bond acceptors (Lipinski definition) is 2. The van der Waals surface area contributed by atoms with Crippen LogP contribution in [0.3, 0.4) is 0 Å². The monoisotopic (exact) mass is 205 g/mol. The molecule has 0 radical (unpaired) electrons. The van der Waals surface area contributed by atoms with Crippen molar-refractivity contribution >= 4 is 6.09 Å². The fourth-order valence-electron chi connectivity index (χ4n) is 1.34. The van der Waals surface area contributed by atoms with Crippen LogP contribution in [0.5, 0.6) is 0 Å². The number of rotatable bonds is 4. The topological polar surface area (TPSA) is 38.3 Å². The number of alkyl carbamates (subject to hydrolysis) is 1. The minimum absolute atomic E-state index is 0.284. The van der Waals surface area contributed by atoms with E-state index in [1.54, 1.807) is 0 Å². The van der Waals surface area contributed by atoms with Gasteiger partial charge in [-0.05, 0) is 18.4 Å². The van der Waals surface area contributed by atoms with E-state index in [1.807, 2.05) is 30.3 Å². The number of benzene rings is 1. The van der Waals surface area contributed by atoms with Gasteiger partial charge in [0.05, 0.1) is 6.61 Å². The molecule has 1 saturated carbocycles. The number of carbonyl (C=O) groups excluding carboxylic acids is 1. The third kappa shape index (κ3) is 3.62. The lowest BCUT2D eigenvalue weighted by molar-refractivity contribution is 0.147. The van der Waals surface area contributed by atoms with Gasteiger partial charge in [0.1, 0.15) is 0 Å². The Labute approximate surface area is 89.4 Å². The van der Waals surface area contributed by atoms with Crippen molar-refractivity contribution in [3.05, 3.63) is 35.9 Å². The van der Waals surface area contributed by atoms with Crippen LogP contribution in [-0.2, 0) is 11.2 Å². The number of amides is 1. The lowest BCUT2D eigenvalue weighted by atomic mass is 10.2. The van der Waals surface area contributed by atoms with Gasteiger partial charge in [-0.1, -0.05) is 30.3 Å². The molecule has 0 spiro atoms. The zero-order valence-electron chi connectivity index (χ0n) is 8.61. The zero-order chi connectivity index (χ0) is 10.5. The standard InChI is InChI=1S/C12H15NO2/c14-12(13-11-6-7-11)15-9-8-10-4-2-1-3-5-10/h1-5,11H,6-9H2,(H,13,14). The van der Waals surface area contributed by atoms with E-state index in [0.717, 1.165) is 19.3 Å². The maximum Gasteiger partial charge on any atom is 0.407 e. The van der Waals surface area contributed by atoms with Crippen LogP contribution in [0.25, 0.3) is 0 Å². The Morgan fingerprint density at radius 1 is 1.33 bits per heavy atom. The summed E-state index contributed by atoms with van der Waals surface area (Å²) in [5, 5.41) is 2.78. The summed E-state index contributed by atoms with van der Waals surface area (Å²) in [7, 11) is 0. The summed E-state index contributed by atoms with van der Waals surface area (Å²) in [5.41, 5.74) is 1.19. The average molecular weight is 205 g/mol. The molecule has 3 nitrogen and oxygen atoms in total. The molecule has 1 amide bonds. The van der Waals surface area contributed by atoms with E-state index in [-0.39, 0.29) is 6.09 Å². The quantitative estimate of drug-likeness (QED) is 0.817. The summed E-state index contributed by atoms with van der Waals surface area (Å²) in [4.78, 5) is 11.2. The molecule has 1 aliphatic carbocycles. The lowest BCUT2D eigenvalue weighted by Gasteiger charge is -2.05. The van der Waals surface area contributed by atoms with Crippen LogP contribution in [0.1, 0.15) is 18.4 Å². The van der Waals surface area contributed by atoms with Crippen molar-refractivity contribution in [2.24, 2.45) is 0 Å². The van der Waals surface area contributed by atoms with Gasteiger partial charge in [0.15, 0.2) is 0 Å². The highest BCUT2D eigenvalue weighted by Crippen LogP contribution is 2.18. The van der Waals surface area contributed by atoms with Gasteiger partial charge >= 0.3 is 6.09 Å². The molecule has 0 atom stereocenters. The minimum atomic E-state index is -0.284. The predicted molar refractivity (Wildman–Crippen MR) is 57.7 cm³/mol. The Morgan fingerprint density at radius 3 is 2.73 bits per heavy atom. The third-order valence-electron chi connectivity index (χ3n) is 2.37.